The van der Waals surface area contributed by atoms with Gasteiger partial charge in [-0.05, 0) is 43.5 Å². The van der Waals surface area contributed by atoms with E-state index in [0.717, 1.165) is 23.1 Å². The summed E-state index contributed by atoms with van der Waals surface area (Å²) in [6.45, 7) is 6.63. The van der Waals surface area contributed by atoms with Gasteiger partial charge in [0.2, 0.25) is 5.28 Å². The van der Waals surface area contributed by atoms with Crippen LogP contribution in [0.15, 0.2) is 18.2 Å². The molecule has 0 aliphatic heterocycles. The highest BCUT2D eigenvalue weighted by molar-refractivity contribution is 6.28. The summed E-state index contributed by atoms with van der Waals surface area (Å²) < 4.78 is 5.42. The van der Waals surface area contributed by atoms with E-state index in [1.807, 2.05) is 32.9 Å². The molecular weight excluding hydrogens is 262 g/mol. The van der Waals surface area contributed by atoms with E-state index in [-0.39, 0.29) is 11.3 Å². The van der Waals surface area contributed by atoms with E-state index in [0.29, 0.717) is 12.4 Å². The number of rotatable bonds is 4. The van der Waals surface area contributed by atoms with Crippen molar-refractivity contribution in [3.05, 3.63) is 34.6 Å². The molecule has 100 valence electrons. The average molecular weight is 278 g/mol. The first kappa shape index (κ1) is 13.7. The predicted molar refractivity (Wildman–Crippen MR) is 75.5 cm³/mol. The summed E-state index contributed by atoms with van der Waals surface area (Å²) in [5.41, 5.74) is 3.19. The molecule has 0 bridgehead atoms. The van der Waals surface area contributed by atoms with E-state index >= 15 is 0 Å². The zero-order chi connectivity index (χ0) is 13.8. The first-order valence-electron chi connectivity index (χ1n) is 6.22. The number of hydrogen-bond donors (Lipinski definition) is 0. The van der Waals surface area contributed by atoms with Crippen molar-refractivity contribution in [3.8, 4) is 17.4 Å². The second kappa shape index (κ2) is 5.97. The molecule has 0 aliphatic carbocycles. The van der Waals surface area contributed by atoms with Gasteiger partial charge in [-0.2, -0.15) is 15.0 Å². The fourth-order valence-electron chi connectivity index (χ4n) is 1.69. The van der Waals surface area contributed by atoms with Crippen molar-refractivity contribution < 1.29 is 4.74 Å². The number of ether oxygens (including phenoxy) is 1. The summed E-state index contributed by atoms with van der Waals surface area (Å²) in [4.78, 5) is 12.5. The third kappa shape index (κ3) is 3.41. The second-order valence-electron chi connectivity index (χ2n) is 4.38. The molecule has 1 aromatic carbocycles. The molecule has 5 heteroatoms. The Bertz CT molecular complexity index is 587. The van der Waals surface area contributed by atoms with Gasteiger partial charge in [0.05, 0.1) is 6.61 Å². The maximum atomic E-state index is 5.93. The average Bonchev–Trinajstić information content (AvgIpc) is 2.38. The topological polar surface area (TPSA) is 47.9 Å². The Labute approximate surface area is 117 Å². The van der Waals surface area contributed by atoms with Crippen LogP contribution in [0.5, 0.6) is 6.01 Å². The first-order valence-corrected chi connectivity index (χ1v) is 6.60. The van der Waals surface area contributed by atoms with Gasteiger partial charge in [-0.15, -0.1) is 0 Å². The van der Waals surface area contributed by atoms with Crippen LogP contribution in [0.1, 0.15) is 24.5 Å². The van der Waals surface area contributed by atoms with E-state index in [9.17, 15) is 0 Å². The van der Waals surface area contributed by atoms with E-state index in [1.54, 1.807) is 0 Å². The number of halogens is 1. The van der Waals surface area contributed by atoms with E-state index in [1.165, 1.54) is 0 Å². The van der Waals surface area contributed by atoms with Gasteiger partial charge in [-0.1, -0.05) is 24.6 Å². The Kier molecular flexibility index (Phi) is 4.32. The minimum absolute atomic E-state index is 0.150. The molecule has 4 nitrogen and oxygen atoms in total. The molecule has 2 rings (SSSR count). The molecule has 0 aliphatic rings. The summed E-state index contributed by atoms with van der Waals surface area (Å²) in [6.07, 6.45) is 0.891. The van der Waals surface area contributed by atoms with Gasteiger partial charge in [0.1, 0.15) is 0 Å². The Balaban J connectivity index is 2.43. The third-order valence-electron chi connectivity index (χ3n) is 2.66. The fraction of sp³-hybridized carbons (Fsp3) is 0.357. The maximum Gasteiger partial charge on any atom is 0.321 e. The molecule has 0 spiro atoms. The zero-order valence-corrected chi connectivity index (χ0v) is 12.0. The van der Waals surface area contributed by atoms with Crippen molar-refractivity contribution in [1.29, 1.82) is 0 Å². The quantitative estimate of drug-likeness (QED) is 0.857. The molecule has 19 heavy (non-hydrogen) atoms. The van der Waals surface area contributed by atoms with Crippen molar-refractivity contribution in [2.75, 3.05) is 6.61 Å². The van der Waals surface area contributed by atoms with Gasteiger partial charge in [0.15, 0.2) is 5.82 Å². The van der Waals surface area contributed by atoms with Crippen LogP contribution < -0.4 is 4.74 Å². The van der Waals surface area contributed by atoms with Crippen LogP contribution in [-0.2, 0) is 0 Å². The standard InChI is InChI=1S/C14H16ClN3O/c1-4-7-19-14-17-12(16-13(15)18-14)11-8-9(2)5-6-10(11)3/h5-6,8H,4,7H2,1-3H3. The van der Waals surface area contributed by atoms with Gasteiger partial charge in [-0.25, -0.2) is 0 Å². The minimum Gasteiger partial charge on any atom is -0.463 e. The molecule has 0 unspecified atom stereocenters. The van der Waals surface area contributed by atoms with E-state index in [4.69, 9.17) is 16.3 Å². The van der Waals surface area contributed by atoms with Crippen molar-refractivity contribution in [1.82, 2.24) is 15.0 Å². The molecule has 0 radical (unpaired) electrons. The van der Waals surface area contributed by atoms with Gasteiger partial charge < -0.3 is 4.74 Å². The van der Waals surface area contributed by atoms with Crippen LogP contribution in [0.2, 0.25) is 5.28 Å². The van der Waals surface area contributed by atoms with Crippen LogP contribution in [0.25, 0.3) is 11.4 Å². The number of hydrogen-bond acceptors (Lipinski definition) is 4. The van der Waals surface area contributed by atoms with Crippen LogP contribution in [0, 0.1) is 13.8 Å². The maximum absolute atomic E-state index is 5.93. The first-order chi connectivity index (χ1) is 9.10. The molecule has 0 saturated heterocycles. The minimum atomic E-state index is 0.150. The molecule has 2 aromatic rings. The normalized spacial score (nSPS) is 10.5. The molecule has 0 atom stereocenters. The molecule has 0 saturated carbocycles. The third-order valence-corrected chi connectivity index (χ3v) is 2.83. The van der Waals surface area contributed by atoms with Gasteiger partial charge in [0, 0.05) is 5.56 Å². The zero-order valence-electron chi connectivity index (χ0n) is 11.3. The molecule has 1 aromatic heterocycles. The monoisotopic (exact) mass is 277 g/mol. The highest BCUT2D eigenvalue weighted by Crippen LogP contribution is 2.23. The van der Waals surface area contributed by atoms with Crippen molar-refractivity contribution >= 4 is 11.6 Å². The fourth-order valence-corrected chi connectivity index (χ4v) is 1.84. The molecule has 0 amide bonds. The molecule has 0 N–H and O–H groups in total. The lowest BCUT2D eigenvalue weighted by molar-refractivity contribution is 0.291. The summed E-state index contributed by atoms with van der Waals surface area (Å²) in [5.74, 6) is 0.548. The van der Waals surface area contributed by atoms with Crippen molar-refractivity contribution in [2.45, 2.75) is 27.2 Å². The molecule has 0 fully saturated rings. The highest BCUT2D eigenvalue weighted by Gasteiger charge is 2.10. The molecular formula is C14H16ClN3O. The summed E-state index contributed by atoms with van der Waals surface area (Å²) in [5, 5.41) is 0.150. The largest absolute Gasteiger partial charge is 0.463 e. The van der Waals surface area contributed by atoms with E-state index < -0.39 is 0 Å². The summed E-state index contributed by atoms with van der Waals surface area (Å²) >= 11 is 5.93. The number of benzene rings is 1. The Morgan fingerprint density at radius 3 is 2.68 bits per heavy atom. The van der Waals surface area contributed by atoms with E-state index in [2.05, 4.69) is 21.0 Å². The van der Waals surface area contributed by atoms with Crippen molar-refractivity contribution in [2.24, 2.45) is 0 Å². The van der Waals surface area contributed by atoms with Gasteiger partial charge in [0.25, 0.3) is 0 Å². The Morgan fingerprint density at radius 1 is 1.16 bits per heavy atom. The lowest BCUT2D eigenvalue weighted by Gasteiger charge is -2.08. The summed E-state index contributed by atoms with van der Waals surface area (Å²) in [6, 6.07) is 6.40. The second-order valence-corrected chi connectivity index (χ2v) is 4.72. The lowest BCUT2D eigenvalue weighted by Crippen LogP contribution is -2.03. The van der Waals surface area contributed by atoms with Crippen LogP contribution in [-0.4, -0.2) is 21.6 Å². The van der Waals surface area contributed by atoms with Crippen molar-refractivity contribution in [3.63, 3.8) is 0 Å². The number of aromatic nitrogens is 3. The highest BCUT2D eigenvalue weighted by atomic mass is 35.5. The number of nitrogens with zero attached hydrogens (tertiary/aromatic N) is 3. The predicted octanol–water partition coefficient (Wildman–Crippen LogP) is 3.60. The lowest BCUT2D eigenvalue weighted by atomic mass is 10.1. The van der Waals surface area contributed by atoms with Gasteiger partial charge in [-0.3, -0.25) is 0 Å². The Morgan fingerprint density at radius 2 is 1.95 bits per heavy atom. The smallest absolute Gasteiger partial charge is 0.321 e. The molecule has 1 heterocycles. The Hall–Kier alpha value is -1.68. The summed E-state index contributed by atoms with van der Waals surface area (Å²) in [7, 11) is 0. The van der Waals surface area contributed by atoms with Gasteiger partial charge >= 0.3 is 6.01 Å². The number of aryl methyl sites for hydroxylation is 2. The van der Waals surface area contributed by atoms with Crippen LogP contribution in [0.4, 0.5) is 0 Å². The SMILES string of the molecule is CCCOc1nc(Cl)nc(-c2cc(C)ccc2C)n1. The van der Waals surface area contributed by atoms with Crippen LogP contribution in [0.3, 0.4) is 0 Å². The van der Waals surface area contributed by atoms with Crippen LogP contribution >= 0.6 is 11.6 Å².